The van der Waals surface area contributed by atoms with Gasteiger partial charge in [-0.1, -0.05) is 0 Å². The third-order valence-electron chi connectivity index (χ3n) is 3.43. The zero-order valence-electron chi connectivity index (χ0n) is 8.73. The number of hydrogen-bond acceptors (Lipinski definition) is 3. The average Bonchev–Trinajstić information content (AvgIpc) is 2.31. The van der Waals surface area contributed by atoms with E-state index in [9.17, 15) is 4.79 Å². The maximum absolute atomic E-state index is 10.9. The normalized spacial score (nSPS) is 36.3. The van der Waals surface area contributed by atoms with Crippen molar-refractivity contribution in [2.75, 3.05) is 7.05 Å². The Hall–Kier alpha value is -0.280. The molecule has 14 heavy (non-hydrogen) atoms. The molecule has 2 aliphatic heterocycles. The summed E-state index contributed by atoms with van der Waals surface area (Å²) in [6.45, 7) is 1.50. The lowest BCUT2D eigenvalue weighted by Crippen LogP contribution is -2.46. The van der Waals surface area contributed by atoms with Crippen molar-refractivity contribution in [1.29, 1.82) is 0 Å². The molecule has 2 bridgehead atoms. The van der Waals surface area contributed by atoms with Crippen LogP contribution in [0.15, 0.2) is 0 Å². The van der Waals surface area contributed by atoms with Crippen LogP contribution in [0.25, 0.3) is 0 Å². The maximum Gasteiger partial charge on any atom is 0.302 e. The molecule has 0 aromatic heterocycles. The lowest BCUT2D eigenvalue weighted by molar-refractivity contribution is -0.151. The zero-order valence-corrected chi connectivity index (χ0v) is 9.55. The van der Waals surface area contributed by atoms with Crippen molar-refractivity contribution in [1.82, 2.24) is 4.90 Å². The first kappa shape index (κ1) is 11.8. The Bertz CT molecular complexity index is 222. The second-order valence-electron chi connectivity index (χ2n) is 4.19. The summed E-state index contributed by atoms with van der Waals surface area (Å²) in [7, 11) is 2.15. The summed E-state index contributed by atoms with van der Waals surface area (Å²) in [6, 6.07) is 1.24. The number of halogens is 1. The minimum Gasteiger partial charge on any atom is -0.461 e. The number of carbonyl (C=O) groups is 1. The van der Waals surface area contributed by atoms with Crippen LogP contribution in [-0.4, -0.2) is 36.1 Å². The molecule has 0 saturated carbocycles. The number of fused-ring (bicyclic) bond motifs is 2. The van der Waals surface area contributed by atoms with Crippen LogP contribution < -0.4 is 0 Å². The molecule has 0 aromatic carbocycles. The Morgan fingerprint density at radius 1 is 1.29 bits per heavy atom. The Kier molecular flexibility index (Phi) is 3.78. The molecule has 0 radical (unpaired) electrons. The summed E-state index contributed by atoms with van der Waals surface area (Å²) in [6.07, 6.45) is 4.86. The van der Waals surface area contributed by atoms with E-state index in [2.05, 4.69) is 11.9 Å². The number of rotatable bonds is 1. The van der Waals surface area contributed by atoms with E-state index in [0.29, 0.717) is 6.04 Å². The van der Waals surface area contributed by atoms with Gasteiger partial charge >= 0.3 is 5.97 Å². The Balaban J connectivity index is 0.000000980. The molecular weight excluding hydrogens is 202 g/mol. The van der Waals surface area contributed by atoms with Gasteiger partial charge in [0.25, 0.3) is 0 Å². The molecule has 0 aromatic rings. The van der Waals surface area contributed by atoms with Crippen LogP contribution in [0.4, 0.5) is 0 Å². The molecule has 4 heteroatoms. The topological polar surface area (TPSA) is 29.5 Å². The van der Waals surface area contributed by atoms with Gasteiger partial charge in [0.15, 0.2) is 0 Å². The van der Waals surface area contributed by atoms with Crippen molar-refractivity contribution in [2.45, 2.75) is 50.8 Å². The molecule has 0 N–H and O–H groups in total. The van der Waals surface area contributed by atoms with Crippen LogP contribution in [0.1, 0.15) is 32.6 Å². The fourth-order valence-corrected chi connectivity index (χ4v) is 2.74. The van der Waals surface area contributed by atoms with Gasteiger partial charge in [-0.25, -0.2) is 0 Å². The van der Waals surface area contributed by atoms with Gasteiger partial charge in [-0.15, -0.1) is 12.4 Å². The lowest BCUT2D eigenvalue weighted by Gasteiger charge is -2.36. The quantitative estimate of drug-likeness (QED) is 0.628. The molecule has 2 rings (SSSR count). The van der Waals surface area contributed by atoms with Crippen molar-refractivity contribution in [2.24, 2.45) is 0 Å². The highest BCUT2D eigenvalue weighted by molar-refractivity contribution is 5.85. The SMILES string of the molecule is CC(=O)O[C@@H]1CCC2CCC1N2C.Cl. The number of carbonyl (C=O) groups excluding carboxylic acids is 1. The largest absolute Gasteiger partial charge is 0.461 e. The minimum atomic E-state index is -0.135. The second-order valence-corrected chi connectivity index (χ2v) is 4.19. The smallest absolute Gasteiger partial charge is 0.302 e. The van der Waals surface area contributed by atoms with Crippen LogP contribution in [0.3, 0.4) is 0 Å². The molecular formula is C10H18ClNO2. The lowest BCUT2D eigenvalue weighted by atomic mass is 10.0. The first-order valence-electron chi connectivity index (χ1n) is 5.07. The van der Waals surface area contributed by atoms with Crippen molar-refractivity contribution >= 4 is 18.4 Å². The molecule has 2 fully saturated rings. The molecule has 82 valence electrons. The maximum atomic E-state index is 10.9. The summed E-state index contributed by atoms with van der Waals surface area (Å²) >= 11 is 0. The molecule has 0 spiro atoms. The summed E-state index contributed by atoms with van der Waals surface area (Å²) in [4.78, 5) is 13.2. The van der Waals surface area contributed by atoms with Gasteiger partial charge < -0.3 is 4.74 Å². The highest BCUT2D eigenvalue weighted by atomic mass is 35.5. The van der Waals surface area contributed by atoms with Crippen molar-refractivity contribution in [3.63, 3.8) is 0 Å². The van der Waals surface area contributed by atoms with Crippen LogP contribution in [0.2, 0.25) is 0 Å². The monoisotopic (exact) mass is 219 g/mol. The molecule has 0 amide bonds. The summed E-state index contributed by atoms with van der Waals surface area (Å²) in [5.41, 5.74) is 0. The standard InChI is InChI=1S/C10H17NO2.ClH/c1-7(12)13-10-6-4-8-3-5-9(10)11(8)2;/h8-10H,3-6H2,1-2H3;1H/t8?,9?,10-;/m1./s1. The molecule has 2 unspecified atom stereocenters. The fraction of sp³-hybridized carbons (Fsp3) is 0.900. The van der Waals surface area contributed by atoms with Gasteiger partial charge in [-0.3, -0.25) is 9.69 Å². The van der Waals surface area contributed by atoms with E-state index >= 15 is 0 Å². The van der Waals surface area contributed by atoms with Crippen LogP contribution in [0.5, 0.6) is 0 Å². The summed E-state index contributed by atoms with van der Waals surface area (Å²) in [5, 5.41) is 0. The van der Waals surface area contributed by atoms with E-state index in [4.69, 9.17) is 4.74 Å². The van der Waals surface area contributed by atoms with Gasteiger partial charge in [-0.2, -0.15) is 0 Å². The fourth-order valence-electron chi connectivity index (χ4n) is 2.74. The van der Waals surface area contributed by atoms with E-state index in [1.807, 2.05) is 0 Å². The summed E-state index contributed by atoms with van der Waals surface area (Å²) in [5.74, 6) is -0.135. The predicted octanol–water partition coefficient (Wildman–Crippen LogP) is 1.60. The number of ether oxygens (including phenoxy) is 1. The van der Waals surface area contributed by atoms with Gasteiger partial charge in [0.2, 0.25) is 0 Å². The predicted molar refractivity (Wildman–Crippen MR) is 56.6 cm³/mol. The third-order valence-corrected chi connectivity index (χ3v) is 3.43. The molecule has 2 heterocycles. The number of esters is 1. The number of likely N-dealkylation sites (N-methyl/N-ethyl adjacent to an activating group) is 1. The Morgan fingerprint density at radius 3 is 2.57 bits per heavy atom. The average molecular weight is 220 g/mol. The highest BCUT2D eigenvalue weighted by Crippen LogP contribution is 2.35. The van der Waals surface area contributed by atoms with Gasteiger partial charge in [0, 0.05) is 19.0 Å². The Morgan fingerprint density at radius 2 is 1.93 bits per heavy atom. The van der Waals surface area contributed by atoms with Crippen LogP contribution in [0, 0.1) is 0 Å². The third kappa shape index (κ3) is 2.04. The number of nitrogens with zero attached hydrogens (tertiary/aromatic N) is 1. The van der Waals surface area contributed by atoms with Crippen molar-refractivity contribution in [3.05, 3.63) is 0 Å². The van der Waals surface area contributed by atoms with E-state index < -0.39 is 0 Å². The van der Waals surface area contributed by atoms with Gasteiger partial charge in [0.05, 0.1) is 0 Å². The summed E-state index contributed by atoms with van der Waals surface area (Å²) < 4.78 is 5.31. The van der Waals surface area contributed by atoms with E-state index in [1.165, 1.54) is 26.2 Å². The van der Waals surface area contributed by atoms with Crippen molar-refractivity contribution in [3.8, 4) is 0 Å². The first-order valence-corrected chi connectivity index (χ1v) is 5.07. The number of piperidine rings is 1. The van der Waals surface area contributed by atoms with Gasteiger partial charge in [-0.05, 0) is 32.7 Å². The van der Waals surface area contributed by atoms with Gasteiger partial charge in [0.1, 0.15) is 6.10 Å². The number of hydrogen-bond donors (Lipinski definition) is 0. The van der Waals surface area contributed by atoms with Crippen molar-refractivity contribution < 1.29 is 9.53 Å². The second kappa shape index (κ2) is 4.49. The first-order chi connectivity index (χ1) is 6.18. The molecule has 3 atom stereocenters. The van der Waals surface area contributed by atoms with E-state index in [0.717, 1.165) is 12.5 Å². The minimum absolute atomic E-state index is 0. The zero-order chi connectivity index (χ0) is 9.42. The molecule has 0 aliphatic carbocycles. The highest BCUT2D eigenvalue weighted by Gasteiger charge is 2.41. The van der Waals surface area contributed by atoms with Crippen LogP contribution in [-0.2, 0) is 9.53 Å². The molecule has 3 nitrogen and oxygen atoms in total. The molecule has 2 saturated heterocycles. The van der Waals surface area contributed by atoms with E-state index in [1.54, 1.807) is 0 Å². The Labute approximate surface area is 91.2 Å². The van der Waals surface area contributed by atoms with Crippen LogP contribution >= 0.6 is 12.4 Å². The van der Waals surface area contributed by atoms with E-state index in [-0.39, 0.29) is 24.5 Å². The molecule has 2 aliphatic rings.